The molecule has 8 heteroatoms. The molecule has 8 nitrogen and oxygen atoms in total. The number of rotatable bonds is 8. The number of anilines is 1. The van der Waals surface area contributed by atoms with Gasteiger partial charge in [-0.05, 0) is 42.8 Å². The van der Waals surface area contributed by atoms with E-state index in [1.54, 1.807) is 24.3 Å². The average Bonchev–Trinajstić information content (AvgIpc) is 2.76. The molecule has 1 amide bonds. The van der Waals surface area contributed by atoms with Crippen molar-refractivity contribution in [1.29, 1.82) is 0 Å². The Morgan fingerprint density at radius 3 is 2.73 bits per heavy atom. The van der Waals surface area contributed by atoms with E-state index in [0.29, 0.717) is 22.9 Å². The summed E-state index contributed by atoms with van der Waals surface area (Å²) in [6, 6.07) is 9.90. The van der Waals surface area contributed by atoms with Crippen LogP contribution in [0.1, 0.15) is 22.8 Å². The van der Waals surface area contributed by atoms with Crippen LogP contribution >= 0.6 is 0 Å². The number of carbonyl (C=O) groups excluding carboxylic acids is 3. The summed E-state index contributed by atoms with van der Waals surface area (Å²) in [5.74, 6) is -0.0696. The van der Waals surface area contributed by atoms with E-state index in [2.05, 4.69) is 5.32 Å². The normalized spacial score (nSPS) is 12.5. The predicted octanol–water partition coefficient (Wildman–Crippen LogP) is 2.86. The Labute approximate surface area is 173 Å². The number of allylic oxidation sites excluding steroid dienone is 1. The third kappa shape index (κ3) is 5.16. The lowest BCUT2D eigenvalue weighted by Crippen LogP contribution is -2.25. The molecule has 0 fully saturated rings. The molecule has 1 heterocycles. The van der Waals surface area contributed by atoms with E-state index in [1.807, 2.05) is 25.1 Å². The largest absolute Gasteiger partial charge is 0.493 e. The van der Waals surface area contributed by atoms with Crippen molar-refractivity contribution in [2.75, 3.05) is 32.2 Å². The summed E-state index contributed by atoms with van der Waals surface area (Å²) in [5.41, 5.74) is 1.62. The van der Waals surface area contributed by atoms with Crippen molar-refractivity contribution in [2.24, 2.45) is 0 Å². The van der Waals surface area contributed by atoms with E-state index >= 15 is 0 Å². The first-order valence-corrected chi connectivity index (χ1v) is 9.19. The zero-order valence-electron chi connectivity index (χ0n) is 16.6. The molecule has 2 aromatic rings. The minimum Gasteiger partial charge on any atom is -0.493 e. The van der Waals surface area contributed by atoms with E-state index in [9.17, 15) is 14.4 Å². The molecule has 0 radical (unpaired) electrons. The summed E-state index contributed by atoms with van der Waals surface area (Å²) < 4.78 is 21.0. The Bertz CT molecular complexity index is 997. The first-order valence-electron chi connectivity index (χ1n) is 9.19. The Kier molecular flexibility index (Phi) is 6.69. The van der Waals surface area contributed by atoms with Gasteiger partial charge in [0.2, 0.25) is 0 Å². The maximum absolute atomic E-state index is 12.3. The monoisotopic (exact) mass is 411 g/mol. The number of methoxy groups -OCH3 is 1. The van der Waals surface area contributed by atoms with E-state index < -0.39 is 18.4 Å². The molecule has 0 aromatic heterocycles. The second-order valence-electron chi connectivity index (χ2n) is 6.33. The number of carbonyl (C=O) groups is 3. The van der Waals surface area contributed by atoms with Crippen LogP contribution in [0.5, 0.6) is 17.2 Å². The molecule has 0 bridgehead atoms. The molecule has 1 aliphatic heterocycles. The van der Waals surface area contributed by atoms with Gasteiger partial charge in [-0.2, -0.15) is 0 Å². The van der Waals surface area contributed by atoms with Crippen molar-refractivity contribution in [2.45, 2.75) is 6.92 Å². The fourth-order valence-corrected chi connectivity index (χ4v) is 2.76. The number of benzene rings is 2. The smallest absolute Gasteiger partial charge is 0.344 e. The fraction of sp³-hybridized carbons (Fsp3) is 0.227. The highest BCUT2D eigenvalue weighted by Gasteiger charge is 2.19. The number of Topliss-reactive ketones (excluding diaryl/α,β-unsaturated/α-hetero) is 1. The van der Waals surface area contributed by atoms with Gasteiger partial charge >= 0.3 is 5.97 Å². The van der Waals surface area contributed by atoms with Gasteiger partial charge in [0.15, 0.2) is 37.1 Å². The van der Waals surface area contributed by atoms with Gasteiger partial charge < -0.3 is 24.3 Å². The van der Waals surface area contributed by atoms with Crippen molar-refractivity contribution in [1.82, 2.24) is 0 Å². The molecular formula is C22H21NO7. The summed E-state index contributed by atoms with van der Waals surface area (Å²) in [4.78, 5) is 35.7. The molecule has 156 valence electrons. The minimum atomic E-state index is -0.697. The topological polar surface area (TPSA) is 100 Å². The molecule has 1 aliphatic rings. The number of ketones is 1. The molecule has 3 rings (SSSR count). The number of ether oxygens (including phenoxy) is 4. The van der Waals surface area contributed by atoms with E-state index in [-0.39, 0.29) is 24.7 Å². The first-order chi connectivity index (χ1) is 14.5. The van der Waals surface area contributed by atoms with Crippen LogP contribution in [0, 0.1) is 0 Å². The summed E-state index contributed by atoms with van der Waals surface area (Å²) in [5, 5.41) is 2.62. The van der Waals surface area contributed by atoms with Gasteiger partial charge in [-0.1, -0.05) is 18.2 Å². The lowest BCUT2D eigenvalue weighted by Gasteiger charge is -2.18. The van der Waals surface area contributed by atoms with Gasteiger partial charge in [-0.15, -0.1) is 0 Å². The van der Waals surface area contributed by atoms with Crippen LogP contribution < -0.4 is 19.5 Å². The lowest BCUT2D eigenvalue weighted by atomic mass is 10.1. The van der Waals surface area contributed by atoms with Crippen LogP contribution in [-0.4, -0.2) is 44.6 Å². The van der Waals surface area contributed by atoms with Gasteiger partial charge in [-0.3, -0.25) is 9.59 Å². The summed E-state index contributed by atoms with van der Waals surface area (Å²) in [6.07, 6.45) is 3.80. The highest BCUT2D eigenvalue weighted by atomic mass is 16.6. The minimum absolute atomic E-state index is 0.0687. The van der Waals surface area contributed by atoms with Crippen molar-refractivity contribution in [3.8, 4) is 17.2 Å². The maximum Gasteiger partial charge on any atom is 0.344 e. The van der Waals surface area contributed by atoms with Crippen LogP contribution in [-0.2, 0) is 14.3 Å². The average molecular weight is 411 g/mol. The number of esters is 1. The van der Waals surface area contributed by atoms with E-state index in [0.717, 1.165) is 5.56 Å². The van der Waals surface area contributed by atoms with Crippen LogP contribution in [0.15, 0.2) is 42.5 Å². The van der Waals surface area contributed by atoms with Crippen molar-refractivity contribution in [3.63, 3.8) is 0 Å². The SMILES string of the molecule is C/C=C/c1ccc(OCC(=O)OCC(=O)c2ccc3c(c2)NC(=O)CO3)c(OC)c1. The number of fused-ring (bicyclic) bond motifs is 1. The van der Waals surface area contributed by atoms with Gasteiger partial charge in [0, 0.05) is 5.56 Å². The third-order valence-electron chi connectivity index (χ3n) is 4.19. The summed E-state index contributed by atoms with van der Waals surface area (Å²) in [6.45, 7) is 1.01. The van der Waals surface area contributed by atoms with Gasteiger partial charge in [0.05, 0.1) is 12.8 Å². The second-order valence-corrected chi connectivity index (χ2v) is 6.33. The molecule has 30 heavy (non-hydrogen) atoms. The highest BCUT2D eigenvalue weighted by molar-refractivity contribution is 6.01. The molecule has 1 N–H and O–H groups in total. The molecule has 0 saturated heterocycles. The summed E-state index contributed by atoms with van der Waals surface area (Å²) in [7, 11) is 1.50. The third-order valence-corrected chi connectivity index (χ3v) is 4.19. The number of hydrogen-bond acceptors (Lipinski definition) is 7. The van der Waals surface area contributed by atoms with Crippen LogP contribution in [0.2, 0.25) is 0 Å². The van der Waals surface area contributed by atoms with Crippen molar-refractivity contribution < 1.29 is 33.3 Å². The molecule has 0 saturated carbocycles. The summed E-state index contributed by atoms with van der Waals surface area (Å²) >= 11 is 0. The Hall–Kier alpha value is -3.81. The second kappa shape index (κ2) is 9.60. The van der Waals surface area contributed by atoms with Crippen LogP contribution in [0.25, 0.3) is 6.08 Å². The van der Waals surface area contributed by atoms with Crippen molar-refractivity contribution in [3.05, 3.63) is 53.6 Å². The molecule has 0 atom stereocenters. The van der Waals surface area contributed by atoms with E-state index in [4.69, 9.17) is 18.9 Å². The van der Waals surface area contributed by atoms with Crippen LogP contribution in [0.3, 0.4) is 0 Å². The molecule has 0 spiro atoms. The molecular weight excluding hydrogens is 390 g/mol. The van der Waals surface area contributed by atoms with Crippen LogP contribution in [0.4, 0.5) is 5.69 Å². The maximum atomic E-state index is 12.3. The zero-order valence-corrected chi connectivity index (χ0v) is 16.6. The van der Waals surface area contributed by atoms with E-state index in [1.165, 1.54) is 13.2 Å². The highest BCUT2D eigenvalue weighted by Crippen LogP contribution is 2.29. The number of amides is 1. The quantitative estimate of drug-likeness (QED) is 0.527. The van der Waals surface area contributed by atoms with Gasteiger partial charge in [0.25, 0.3) is 5.91 Å². The molecule has 0 unspecified atom stereocenters. The zero-order chi connectivity index (χ0) is 21.5. The first kappa shape index (κ1) is 20.9. The van der Waals surface area contributed by atoms with Crippen molar-refractivity contribution >= 4 is 29.4 Å². The lowest BCUT2D eigenvalue weighted by molar-refractivity contribution is -0.144. The molecule has 0 aliphatic carbocycles. The fourth-order valence-electron chi connectivity index (χ4n) is 2.76. The number of nitrogens with one attached hydrogen (secondary N) is 1. The van der Waals surface area contributed by atoms with Gasteiger partial charge in [0.1, 0.15) is 5.75 Å². The Balaban J connectivity index is 1.53. The van der Waals surface area contributed by atoms with Gasteiger partial charge in [-0.25, -0.2) is 4.79 Å². The predicted molar refractivity (Wildman–Crippen MR) is 109 cm³/mol. The number of hydrogen-bond donors (Lipinski definition) is 1. The Morgan fingerprint density at radius 1 is 1.13 bits per heavy atom. The Morgan fingerprint density at radius 2 is 1.97 bits per heavy atom. The molecule has 2 aromatic carbocycles. The standard InChI is InChI=1S/C22H21NO7/c1-3-4-14-5-7-19(20(9-14)27-2)29-13-22(26)30-11-17(24)15-6-8-18-16(10-15)23-21(25)12-28-18/h3-10H,11-13H2,1-2H3,(H,23,25)/b4-3+.